The number of benzene rings is 1. The summed E-state index contributed by atoms with van der Waals surface area (Å²) in [7, 11) is 2.90. The van der Waals surface area contributed by atoms with Gasteiger partial charge < -0.3 is 24.3 Å². The Balaban J connectivity index is 1.38. The lowest BCUT2D eigenvalue weighted by Crippen LogP contribution is -2.33. The number of hydrogen-bond donors (Lipinski definition) is 2. The Kier molecular flexibility index (Phi) is 3.41. The van der Waals surface area contributed by atoms with Crippen molar-refractivity contribution in [1.29, 1.82) is 0 Å². The number of fused-ring (bicyclic) bond motifs is 2. The van der Waals surface area contributed by atoms with E-state index in [1.165, 1.54) is 13.2 Å². The lowest BCUT2D eigenvalue weighted by atomic mass is 9.85. The van der Waals surface area contributed by atoms with E-state index < -0.39 is 11.4 Å². The van der Waals surface area contributed by atoms with Crippen LogP contribution in [0.4, 0.5) is 0 Å². The summed E-state index contributed by atoms with van der Waals surface area (Å²) in [6.45, 7) is 0.537. The molecule has 1 saturated heterocycles. The van der Waals surface area contributed by atoms with Gasteiger partial charge in [0.15, 0.2) is 0 Å². The molecule has 0 radical (unpaired) electrons. The molecule has 2 aliphatic carbocycles. The SMILES string of the molecule is COC(=O)c1cc2c([nH]1)C(=O)C=C1N(C(=O)c3cc4cc(OC)ccc4[nH]3)C[C@H]3C[C@]123. The van der Waals surface area contributed by atoms with Gasteiger partial charge in [-0.3, -0.25) is 9.59 Å². The predicted molar refractivity (Wildman–Crippen MR) is 110 cm³/mol. The topological polar surface area (TPSA) is 104 Å². The number of likely N-dealkylation sites (tertiary alicyclic amines) is 1. The monoisotopic (exact) mass is 417 g/mol. The van der Waals surface area contributed by atoms with Crippen LogP contribution in [0.15, 0.2) is 42.1 Å². The molecule has 1 aliphatic heterocycles. The summed E-state index contributed by atoms with van der Waals surface area (Å²) in [6, 6.07) is 9.09. The molecule has 0 unspecified atom stereocenters. The number of rotatable bonds is 3. The number of methoxy groups -OCH3 is 2. The smallest absolute Gasteiger partial charge is 0.354 e. The number of amides is 1. The molecule has 2 aromatic heterocycles. The summed E-state index contributed by atoms with van der Waals surface area (Å²) in [6.07, 6.45) is 2.39. The number of aromatic nitrogens is 2. The maximum Gasteiger partial charge on any atom is 0.354 e. The Labute approximate surface area is 176 Å². The average molecular weight is 417 g/mol. The molecule has 3 aromatic rings. The van der Waals surface area contributed by atoms with Crippen molar-refractivity contribution in [2.75, 3.05) is 20.8 Å². The largest absolute Gasteiger partial charge is 0.497 e. The molecule has 1 spiro atoms. The van der Waals surface area contributed by atoms with Crippen LogP contribution in [-0.2, 0) is 10.2 Å². The second-order valence-electron chi connectivity index (χ2n) is 8.28. The van der Waals surface area contributed by atoms with Gasteiger partial charge in [0.05, 0.1) is 19.9 Å². The molecule has 2 atom stereocenters. The van der Waals surface area contributed by atoms with Crippen LogP contribution >= 0.6 is 0 Å². The zero-order valence-corrected chi connectivity index (χ0v) is 16.9. The van der Waals surface area contributed by atoms with E-state index in [1.807, 2.05) is 18.2 Å². The van der Waals surface area contributed by atoms with Gasteiger partial charge in [0.1, 0.15) is 17.1 Å². The van der Waals surface area contributed by atoms with Gasteiger partial charge in [-0.1, -0.05) is 0 Å². The maximum atomic E-state index is 13.4. The fourth-order valence-corrected chi connectivity index (χ4v) is 5.21. The third-order valence-electron chi connectivity index (χ3n) is 6.78. The van der Waals surface area contributed by atoms with Crippen molar-refractivity contribution >= 4 is 28.6 Å². The molecule has 0 bridgehead atoms. The fourth-order valence-electron chi connectivity index (χ4n) is 5.21. The van der Waals surface area contributed by atoms with E-state index in [-0.39, 0.29) is 23.3 Å². The highest BCUT2D eigenvalue weighted by molar-refractivity contribution is 6.10. The van der Waals surface area contributed by atoms with Crippen molar-refractivity contribution in [2.45, 2.75) is 11.8 Å². The molecule has 1 saturated carbocycles. The van der Waals surface area contributed by atoms with Crippen molar-refractivity contribution < 1.29 is 23.9 Å². The number of nitrogens with one attached hydrogen (secondary N) is 2. The Morgan fingerprint density at radius 1 is 1.13 bits per heavy atom. The number of ether oxygens (including phenoxy) is 2. The minimum atomic E-state index is -0.517. The number of carbonyl (C=O) groups excluding carboxylic acids is 3. The quantitative estimate of drug-likeness (QED) is 0.638. The summed E-state index contributed by atoms with van der Waals surface area (Å²) in [5.74, 6) is 0.0106. The number of ketones is 1. The minimum absolute atomic E-state index is 0.173. The number of hydrogen-bond acceptors (Lipinski definition) is 5. The molecule has 8 nitrogen and oxygen atoms in total. The van der Waals surface area contributed by atoms with E-state index in [4.69, 9.17) is 9.47 Å². The van der Waals surface area contributed by atoms with Gasteiger partial charge in [0.25, 0.3) is 5.91 Å². The highest BCUT2D eigenvalue weighted by Crippen LogP contribution is 2.66. The van der Waals surface area contributed by atoms with Gasteiger partial charge in [-0.2, -0.15) is 0 Å². The molecule has 3 aliphatic rings. The van der Waals surface area contributed by atoms with E-state index in [2.05, 4.69) is 9.97 Å². The molecule has 6 rings (SSSR count). The molecule has 1 amide bonds. The first-order valence-corrected chi connectivity index (χ1v) is 10.0. The number of carbonyl (C=O) groups is 3. The molecule has 3 heterocycles. The molecule has 156 valence electrons. The van der Waals surface area contributed by atoms with Crippen molar-refractivity contribution in [2.24, 2.45) is 5.92 Å². The van der Waals surface area contributed by atoms with Crippen LogP contribution in [0.25, 0.3) is 10.9 Å². The molecule has 2 fully saturated rings. The highest BCUT2D eigenvalue weighted by atomic mass is 16.5. The van der Waals surface area contributed by atoms with E-state index in [9.17, 15) is 14.4 Å². The zero-order valence-electron chi connectivity index (χ0n) is 16.9. The van der Waals surface area contributed by atoms with E-state index in [0.717, 1.165) is 22.9 Å². The van der Waals surface area contributed by atoms with Crippen molar-refractivity contribution in [1.82, 2.24) is 14.9 Å². The maximum absolute atomic E-state index is 13.4. The molecule has 31 heavy (non-hydrogen) atoms. The first-order valence-electron chi connectivity index (χ1n) is 10.0. The van der Waals surface area contributed by atoms with Crippen LogP contribution in [0.3, 0.4) is 0 Å². The van der Waals surface area contributed by atoms with Gasteiger partial charge >= 0.3 is 5.97 Å². The van der Waals surface area contributed by atoms with Crippen LogP contribution in [0.1, 0.15) is 43.4 Å². The Hall–Kier alpha value is -3.81. The van der Waals surface area contributed by atoms with Crippen LogP contribution in [0, 0.1) is 5.92 Å². The standard InChI is InChI=1S/C23H19N3O5/c1-30-13-3-4-15-11(5-13)6-16(24-15)21(28)26-10-12-9-23(12)14-7-17(22(29)31-2)25-20(14)18(27)8-19(23)26/h3-8,12,24-25H,9-10H2,1-2H3/t12-,23-/m1/s1. The second kappa shape index (κ2) is 5.87. The van der Waals surface area contributed by atoms with Crippen molar-refractivity contribution in [3.63, 3.8) is 0 Å². The van der Waals surface area contributed by atoms with Gasteiger partial charge in [-0.05, 0) is 48.2 Å². The van der Waals surface area contributed by atoms with E-state index >= 15 is 0 Å². The molecule has 2 N–H and O–H groups in total. The number of H-pyrrole nitrogens is 2. The van der Waals surface area contributed by atoms with Gasteiger partial charge in [-0.15, -0.1) is 0 Å². The summed E-state index contributed by atoms with van der Waals surface area (Å²) >= 11 is 0. The average Bonchev–Trinajstić information content (AvgIpc) is 3.14. The second-order valence-corrected chi connectivity index (χ2v) is 8.28. The lowest BCUT2D eigenvalue weighted by Gasteiger charge is -2.27. The van der Waals surface area contributed by atoms with E-state index in [0.29, 0.717) is 29.4 Å². The lowest BCUT2D eigenvalue weighted by molar-refractivity contribution is 0.0594. The third kappa shape index (κ3) is 2.27. The van der Waals surface area contributed by atoms with Crippen LogP contribution < -0.4 is 4.74 Å². The molecule has 8 heteroatoms. The van der Waals surface area contributed by atoms with Gasteiger partial charge in [0.2, 0.25) is 5.78 Å². The first-order chi connectivity index (χ1) is 15.0. The highest BCUT2D eigenvalue weighted by Gasteiger charge is 2.67. The molecular formula is C23H19N3O5. The number of esters is 1. The van der Waals surface area contributed by atoms with Crippen LogP contribution in [0.2, 0.25) is 0 Å². The first kappa shape index (κ1) is 18.0. The summed E-state index contributed by atoms with van der Waals surface area (Å²) < 4.78 is 10.1. The van der Waals surface area contributed by atoms with E-state index in [1.54, 1.807) is 24.1 Å². The fraction of sp³-hybridized carbons (Fsp3) is 0.261. The van der Waals surface area contributed by atoms with Crippen molar-refractivity contribution in [3.8, 4) is 5.75 Å². The normalized spacial score (nSPS) is 23.2. The summed E-state index contributed by atoms with van der Waals surface area (Å²) in [5, 5.41) is 0.881. The predicted octanol–water partition coefficient (Wildman–Crippen LogP) is 2.79. The third-order valence-corrected chi connectivity index (χ3v) is 6.78. The number of piperidine rings is 1. The molecule has 1 aromatic carbocycles. The van der Waals surface area contributed by atoms with Gasteiger partial charge in [-0.25, -0.2) is 4.79 Å². The van der Waals surface area contributed by atoms with Gasteiger partial charge in [0, 0.05) is 34.6 Å². The summed E-state index contributed by atoms with van der Waals surface area (Å²) in [5.41, 5.74) is 3.08. The molecular weight excluding hydrogens is 398 g/mol. The minimum Gasteiger partial charge on any atom is -0.497 e. The Morgan fingerprint density at radius 2 is 1.97 bits per heavy atom. The summed E-state index contributed by atoms with van der Waals surface area (Å²) in [4.78, 5) is 46.0. The Bertz CT molecular complexity index is 1350. The van der Waals surface area contributed by atoms with Crippen LogP contribution in [0.5, 0.6) is 5.75 Å². The Morgan fingerprint density at radius 3 is 2.74 bits per heavy atom. The number of allylic oxidation sites excluding steroid dienone is 2. The van der Waals surface area contributed by atoms with Crippen LogP contribution in [-0.4, -0.2) is 53.3 Å². The zero-order chi connectivity index (χ0) is 21.5. The number of nitrogens with zero attached hydrogens (tertiary/aromatic N) is 1. The number of aromatic amines is 2. The van der Waals surface area contributed by atoms with Crippen molar-refractivity contribution in [3.05, 3.63) is 64.8 Å².